The van der Waals surface area contributed by atoms with Crippen molar-refractivity contribution in [1.82, 2.24) is 15.5 Å². The van der Waals surface area contributed by atoms with Gasteiger partial charge in [-0.3, -0.25) is 4.79 Å². The number of carbonyl (C=O) groups is 2. The van der Waals surface area contributed by atoms with Gasteiger partial charge in [0.25, 0.3) is 0 Å². The number of nitrogens with one attached hydrogen (secondary N) is 2. The smallest absolute Gasteiger partial charge is 0.318 e. The van der Waals surface area contributed by atoms with Crippen LogP contribution in [-0.2, 0) is 4.79 Å². The summed E-state index contributed by atoms with van der Waals surface area (Å²) in [6, 6.07) is 2.28. The number of nitrogens with zero attached hydrogens (tertiary/aromatic N) is 1. The molecule has 1 aromatic heterocycles. The molecule has 3 rings (SSSR count). The Labute approximate surface area is 135 Å². The number of carbonyl (C=O) groups excluding carboxylic acids is 2. The van der Waals surface area contributed by atoms with Crippen molar-refractivity contribution >= 4 is 23.3 Å². The number of rotatable bonds is 3. The summed E-state index contributed by atoms with van der Waals surface area (Å²) in [6.45, 7) is 2.89. The Morgan fingerprint density at radius 2 is 2.32 bits per heavy atom. The summed E-state index contributed by atoms with van der Waals surface area (Å²) in [6.07, 6.45) is 4.22. The molecule has 0 spiro atoms. The van der Waals surface area contributed by atoms with Crippen LogP contribution in [0.25, 0.3) is 0 Å². The van der Waals surface area contributed by atoms with E-state index in [1.807, 2.05) is 0 Å². The molecule has 2 fully saturated rings. The van der Waals surface area contributed by atoms with E-state index in [4.69, 9.17) is 0 Å². The number of piperazine rings is 1. The van der Waals surface area contributed by atoms with Gasteiger partial charge in [-0.15, -0.1) is 0 Å². The first-order valence-electron chi connectivity index (χ1n) is 8.01. The molecule has 0 aromatic carbocycles. The van der Waals surface area contributed by atoms with Gasteiger partial charge in [0.15, 0.2) is 0 Å². The Hall–Kier alpha value is -1.56. The molecule has 2 N–H and O–H groups in total. The summed E-state index contributed by atoms with van der Waals surface area (Å²) in [7, 11) is 0. The molecular formula is C16H23N3O2S. The van der Waals surface area contributed by atoms with Crippen molar-refractivity contribution in [3.8, 4) is 0 Å². The van der Waals surface area contributed by atoms with Crippen LogP contribution in [0.1, 0.15) is 44.1 Å². The highest BCUT2D eigenvalue weighted by atomic mass is 32.1. The average molecular weight is 321 g/mol. The van der Waals surface area contributed by atoms with Crippen LogP contribution < -0.4 is 10.6 Å². The van der Waals surface area contributed by atoms with E-state index in [0.717, 1.165) is 25.7 Å². The van der Waals surface area contributed by atoms with Crippen molar-refractivity contribution in [3.05, 3.63) is 22.4 Å². The zero-order valence-electron chi connectivity index (χ0n) is 12.9. The summed E-state index contributed by atoms with van der Waals surface area (Å²) < 4.78 is 0. The van der Waals surface area contributed by atoms with Gasteiger partial charge in [-0.1, -0.05) is 19.8 Å². The van der Waals surface area contributed by atoms with E-state index < -0.39 is 0 Å². The minimum absolute atomic E-state index is 0.0378. The lowest BCUT2D eigenvalue weighted by molar-refractivity contribution is -0.126. The number of fused-ring (bicyclic) bond motifs is 1. The Morgan fingerprint density at radius 3 is 3.09 bits per heavy atom. The quantitative estimate of drug-likeness (QED) is 0.897. The SMILES string of the molecule is C[C@H](CNC(=O)N1CC(=O)N[C@@H]2CCCC[C@H]21)c1ccsc1. The highest BCUT2D eigenvalue weighted by molar-refractivity contribution is 7.07. The molecule has 3 atom stereocenters. The highest BCUT2D eigenvalue weighted by Gasteiger charge is 2.38. The largest absolute Gasteiger partial charge is 0.350 e. The van der Waals surface area contributed by atoms with Gasteiger partial charge in [0, 0.05) is 12.6 Å². The number of hydrogen-bond donors (Lipinski definition) is 2. The summed E-state index contributed by atoms with van der Waals surface area (Å²) in [5.74, 6) is 0.250. The molecule has 1 aliphatic heterocycles. The van der Waals surface area contributed by atoms with Crippen LogP contribution in [0, 0.1) is 0 Å². The molecule has 3 amide bonds. The molecule has 0 unspecified atom stereocenters. The van der Waals surface area contributed by atoms with Crippen LogP contribution >= 0.6 is 11.3 Å². The van der Waals surface area contributed by atoms with E-state index in [9.17, 15) is 9.59 Å². The van der Waals surface area contributed by atoms with Gasteiger partial charge >= 0.3 is 6.03 Å². The highest BCUT2D eigenvalue weighted by Crippen LogP contribution is 2.26. The van der Waals surface area contributed by atoms with Gasteiger partial charge in [-0.2, -0.15) is 11.3 Å². The Morgan fingerprint density at radius 1 is 1.50 bits per heavy atom. The molecule has 1 saturated carbocycles. The lowest BCUT2D eigenvalue weighted by Gasteiger charge is -2.43. The Balaban J connectivity index is 1.59. The molecule has 2 aliphatic rings. The fourth-order valence-corrected chi connectivity index (χ4v) is 4.20. The van der Waals surface area contributed by atoms with Crippen molar-refractivity contribution in [1.29, 1.82) is 0 Å². The van der Waals surface area contributed by atoms with Crippen LogP contribution in [0.15, 0.2) is 16.8 Å². The third kappa shape index (κ3) is 3.27. The molecule has 6 heteroatoms. The van der Waals surface area contributed by atoms with Crippen molar-refractivity contribution in [2.45, 2.75) is 50.6 Å². The predicted molar refractivity (Wildman–Crippen MR) is 87.0 cm³/mol. The van der Waals surface area contributed by atoms with E-state index >= 15 is 0 Å². The zero-order chi connectivity index (χ0) is 15.5. The van der Waals surface area contributed by atoms with Crippen LogP contribution in [0.3, 0.4) is 0 Å². The van der Waals surface area contributed by atoms with Gasteiger partial charge in [-0.05, 0) is 41.1 Å². The van der Waals surface area contributed by atoms with Crippen molar-refractivity contribution in [2.24, 2.45) is 0 Å². The first-order valence-corrected chi connectivity index (χ1v) is 8.95. The molecule has 120 valence electrons. The molecule has 5 nitrogen and oxygen atoms in total. The van der Waals surface area contributed by atoms with Crippen molar-refractivity contribution in [3.63, 3.8) is 0 Å². The molecular weight excluding hydrogens is 298 g/mol. The lowest BCUT2D eigenvalue weighted by atomic mass is 9.87. The first-order chi connectivity index (χ1) is 10.6. The number of amides is 3. The average Bonchev–Trinajstić information content (AvgIpc) is 3.06. The minimum atomic E-state index is -0.103. The van der Waals surface area contributed by atoms with E-state index in [1.54, 1.807) is 16.2 Å². The van der Waals surface area contributed by atoms with E-state index in [2.05, 4.69) is 34.4 Å². The van der Waals surface area contributed by atoms with Gasteiger partial charge in [0.05, 0.1) is 6.04 Å². The van der Waals surface area contributed by atoms with Crippen LogP contribution in [0.2, 0.25) is 0 Å². The third-order valence-corrected chi connectivity index (χ3v) is 5.42. The van der Waals surface area contributed by atoms with Crippen LogP contribution in [0.5, 0.6) is 0 Å². The first kappa shape index (κ1) is 15.3. The summed E-state index contributed by atoms with van der Waals surface area (Å²) >= 11 is 1.67. The van der Waals surface area contributed by atoms with E-state index in [-0.39, 0.29) is 36.5 Å². The standard InChI is InChI=1S/C16H23N3O2S/c1-11(12-6-7-22-10-12)8-17-16(21)19-9-15(20)18-13-4-2-3-5-14(13)19/h6-7,10-11,13-14H,2-5,8-9H2,1H3,(H,17,21)(H,18,20)/t11-,13-,14-/m1/s1. The van der Waals surface area contributed by atoms with Crippen LogP contribution in [0.4, 0.5) is 4.79 Å². The Kier molecular flexibility index (Phi) is 4.66. The molecule has 1 saturated heterocycles. The number of hydrogen-bond acceptors (Lipinski definition) is 3. The zero-order valence-corrected chi connectivity index (χ0v) is 13.7. The predicted octanol–water partition coefficient (Wildman–Crippen LogP) is 2.30. The second-order valence-corrected chi connectivity index (χ2v) is 7.08. The van der Waals surface area contributed by atoms with Crippen LogP contribution in [-0.4, -0.2) is 42.0 Å². The maximum Gasteiger partial charge on any atom is 0.318 e. The second kappa shape index (κ2) is 6.69. The monoisotopic (exact) mass is 321 g/mol. The summed E-state index contributed by atoms with van der Waals surface area (Å²) in [5.41, 5.74) is 1.25. The van der Waals surface area contributed by atoms with E-state index in [1.165, 1.54) is 5.56 Å². The number of thiophene rings is 1. The van der Waals surface area contributed by atoms with Crippen molar-refractivity contribution in [2.75, 3.05) is 13.1 Å². The summed E-state index contributed by atoms with van der Waals surface area (Å²) in [4.78, 5) is 26.1. The van der Waals surface area contributed by atoms with Gasteiger partial charge in [0.1, 0.15) is 6.54 Å². The fraction of sp³-hybridized carbons (Fsp3) is 0.625. The molecule has 2 heterocycles. The maximum absolute atomic E-state index is 12.5. The molecule has 22 heavy (non-hydrogen) atoms. The maximum atomic E-state index is 12.5. The lowest BCUT2D eigenvalue weighted by Crippen LogP contribution is -2.64. The Bertz CT molecular complexity index is 532. The topological polar surface area (TPSA) is 61.4 Å². The fourth-order valence-electron chi connectivity index (χ4n) is 3.41. The van der Waals surface area contributed by atoms with Gasteiger partial charge in [-0.25, -0.2) is 4.79 Å². The molecule has 0 radical (unpaired) electrons. The van der Waals surface area contributed by atoms with Crippen molar-refractivity contribution < 1.29 is 9.59 Å². The third-order valence-electron chi connectivity index (χ3n) is 4.72. The minimum Gasteiger partial charge on any atom is -0.350 e. The molecule has 1 aliphatic carbocycles. The second-order valence-electron chi connectivity index (χ2n) is 6.30. The van der Waals surface area contributed by atoms with Gasteiger partial charge < -0.3 is 15.5 Å². The number of urea groups is 1. The molecule has 0 bridgehead atoms. The normalized spacial score (nSPS) is 26.0. The van der Waals surface area contributed by atoms with Gasteiger partial charge in [0.2, 0.25) is 5.91 Å². The van der Waals surface area contributed by atoms with E-state index in [0.29, 0.717) is 6.54 Å². The molecule has 1 aromatic rings. The summed E-state index contributed by atoms with van der Waals surface area (Å²) in [5, 5.41) is 10.2.